The number of alkyl halides is 2. The average Bonchev–Trinajstić information content (AvgIpc) is 2.55. The number of ether oxygens (including phenoxy) is 2. The second-order valence-corrected chi connectivity index (χ2v) is 8.10. The molecular formula is C15H20F2O7S. The first kappa shape index (κ1) is 18.8. The second-order valence-electron chi connectivity index (χ2n) is 7.28. The summed E-state index contributed by atoms with van der Waals surface area (Å²) in [7, 11) is 0. The largest absolute Gasteiger partial charge is 0.456 e. The van der Waals surface area contributed by atoms with Crippen molar-refractivity contribution in [2.45, 2.75) is 49.9 Å². The molecule has 4 bridgehead atoms. The molecule has 0 heterocycles. The number of esters is 2. The Balaban J connectivity index is 1.52. The molecule has 0 spiro atoms. The summed E-state index contributed by atoms with van der Waals surface area (Å²) in [6.07, 6.45) is 5.32. The zero-order valence-corrected chi connectivity index (χ0v) is 14.4. The highest BCUT2D eigenvalue weighted by Crippen LogP contribution is 2.59. The maximum absolute atomic E-state index is 13.2. The first-order chi connectivity index (χ1) is 11.7. The van der Waals surface area contributed by atoms with Gasteiger partial charge in [0.25, 0.3) is 0 Å². The van der Waals surface area contributed by atoms with Crippen molar-refractivity contribution < 1.29 is 42.5 Å². The quantitative estimate of drug-likeness (QED) is 0.311. The van der Waals surface area contributed by atoms with Gasteiger partial charge >= 0.3 is 17.2 Å². The molecule has 4 aliphatic carbocycles. The summed E-state index contributed by atoms with van der Waals surface area (Å²) in [6.45, 7) is 0.994. The van der Waals surface area contributed by atoms with E-state index in [1.807, 2.05) is 6.92 Å². The van der Waals surface area contributed by atoms with Gasteiger partial charge in [0.2, 0.25) is 0 Å². The van der Waals surface area contributed by atoms with Gasteiger partial charge < -0.3 is 9.47 Å². The van der Waals surface area contributed by atoms with Gasteiger partial charge in [-0.05, 0) is 62.7 Å². The molecule has 4 fully saturated rings. The SMILES string of the molecule is CC1(OC(=O)COC(=O)C(F)(F)SOOO)C2CC3CC(C2)CC1C3. The van der Waals surface area contributed by atoms with E-state index < -0.39 is 41.4 Å². The maximum atomic E-state index is 13.2. The van der Waals surface area contributed by atoms with E-state index in [2.05, 4.69) is 14.1 Å². The van der Waals surface area contributed by atoms with Crippen molar-refractivity contribution in [1.82, 2.24) is 0 Å². The molecule has 0 amide bonds. The molecule has 4 saturated carbocycles. The van der Waals surface area contributed by atoms with Crippen LogP contribution >= 0.6 is 12.0 Å². The van der Waals surface area contributed by atoms with E-state index >= 15 is 0 Å². The Hall–Kier alpha value is -0.970. The minimum atomic E-state index is -4.13. The van der Waals surface area contributed by atoms with Crippen LogP contribution in [0.5, 0.6) is 0 Å². The normalized spacial score (nSPS) is 36.3. The molecule has 7 nitrogen and oxygen atoms in total. The molecule has 4 rings (SSSR count). The molecule has 10 heteroatoms. The number of carbonyl (C=O) groups excluding carboxylic acids is 2. The summed E-state index contributed by atoms with van der Waals surface area (Å²) in [5.74, 6) is -0.899. The minimum absolute atomic E-state index is 0.274. The Bertz CT molecular complexity index is 514. The zero-order valence-electron chi connectivity index (χ0n) is 13.6. The summed E-state index contributed by atoms with van der Waals surface area (Å²) in [5.41, 5.74) is -0.623. The lowest BCUT2D eigenvalue weighted by Crippen LogP contribution is -2.58. The molecule has 0 aromatic carbocycles. The Morgan fingerprint density at radius 2 is 1.72 bits per heavy atom. The van der Waals surface area contributed by atoms with E-state index in [0.29, 0.717) is 11.8 Å². The number of hydrogen-bond donors (Lipinski definition) is 1. The first-order valence-corrected chi connectivity index (χ1v) is 8.91. The van der Waals surface area contributed by atoms with Crippen molar-refractivity contribution in [2.75, 3.05) is 6.61 Å². The molecule has 1 N–H and O–H groups in total. The summed E-state index contributed by atoms with van der Waals surface area (Å²) in [6, 6.07) is 0. The van der Waals surface area contributed by atoms with E-state index in [4.69, 9.17) is 9.99 Å². The van der Waals surface area contributed by atoms with Crippen molar-refractivity contribution in [3.63, 3.8) is 0 Å². The summed E-state index contributed by atoms with van der Waals surface area (Å²) >= 11 is -0.740. The van der Waals surface area contributed by atoms with Crippen LogP contribution in [0.4, 0.5) is 8.78 Å². The summed E-state index contributed by atoms with van der Waals surface area (Å²) in [5, 5.41) is 6.71. The number of halogens is 2. The summed E-state index contributed by atoms with van der Waals surface area (Å²) in [4.78, 5) is 23.3. The lowest BCUT2D eigenvalue weighted by atomic mass is 9.50. The van der Waals surface area contributed by atoms with Gasteiger partial charge in [-0.25, -0.2) is 14.8 Å². The van der Waals surface area contributed by atoms with E-state index in [1.165, 1.54) is 6.42 Å². The molecule has 0 aromatic rings. The second kappa shape index (κ2) is 6.98. The van der Waals surface area contributed by atoms with Crippen molar-refractivity contribution in [1.29, 1.82) is 0 Å². The highest BCUT2D eigenvalue weighted by Gasteiger charge is 2.57. The molecule has 0 aliphatic heterocycles. The Kier molecular flexibility index (Phi) is 5.25. The molecule has 0 unspecified atom stereocenters. The highest BCUT2D eigenvalue weighted by molar-refractivity contribution is 7.96. The van der Waals surface area contributed by atoms with Gasteiger partial charge in [-0.1, -0.05) is 5.04 Å². The number of rotatable bonds is 7. The van der Waals surface area contributed by atoms with Crippen LogP contribution in [0.1, 0.15) is 39.0 Å². The third kappa shape index (κ3) is 3.76. The fourth-order valence-corrected chi connectivity index (χ4v) is 5.10. The van der Waals surface area contributed by atoms with Gasteiger partial charge in [0.15, 0.2) is 6.61 Å². The molecule has 0 aromatic heterocycles. The van der Waals surface area contributed by atoms with Crippen LogP contribution in [0.3, 0.4) is 0 Å². The van der Waals surface area contributed by atoms with Crippen molar-refractivity contribution >= 4 is 24.0 Å². The van der Waals surface area contributed by atoms with Crippen LogP contribution in [0.15, 0.2) is 0 Å². The van der Waals surface area contributed by atoms with E-state index in [0.717, 1.165) is 25.7 Å². The van der Waals surface area contributed by atoms with Crippen LogP contribution < -0.4 is 0 Å². The van der Waals surface area contributed by atoms with Gasteiger partial charge in [0.05, 0.1) is 0 Å². The average molecular weight is 382 g/mol. The fourth-order valence-electron chi connectivity index (χ4n) is 4.86. The first-order valence-electron chi connectivity index (χ1n) is 8.17. The zero-order chi connectivity index (χ0) is 18.2. The molecule has 0 radical (unpaired) electrons. The van der Waals surface area contributed by atoms with Crippen LogP contribution in [-0.2, 0) is 28.4 Å². The Morgan fingerprint density at radius 3 is 2.24 bits per heavy atom. The van der Waals surface area contributed by atoms with Crippen LogP contribution in [0.25, 0.3) is 0 Å². The number of hydrogen-bond acceptors (Lipinski definition) is 8. The monoisotopic (exact) mass is 382 g/mol. The van der Waals surface area contributed by atoms with E-state index in [-0.39, 0.29) is 11.8 Å². The molecule has 0 atom stereocenters. The van der Waals surface area contributed by atoms with Gasteiger partial charge in [-0.15, -0.1) is 4.33 Å². The van der Waals surface area contributed by atoms with Crippen LogP contribution in [0, 0.1) is 23.7 Å². The standard InChI is InChI=1S/C15H20F2O7S/c1-14(10-3-8-2-9(5-10)6-11(14)4-8)22-12(18)7-21-13(19)15(16,17)25-24-23-20/h8-11,20H,2-7H2,1H3. The van der Waals surface area contributed by atoms with Gasteiger partial charge in [-0.2, -0.15) is 8.78 Å². The topological polar surface area (TPSA) is 91.3 Å². The van der Waals surface area contributed by atoms with Gasteiger partial charge in [0.1, 0.15) is 17.6 Å². The van der Waals surface area contributed by atoms with Crippen LogP contribution in [0.2, 0.25) is 0 Å². The summed E-state index contributed by atoms with van der Waals surface area (Å²) < 4.78 is 39.9. The molecular weight excluding hydrogens is 362 g/mol. The van der Waals surface area contributed by atoms with Gasteiger partial charge in [0, 0.05) is 0 Å². The molecule has 4 aliphatic rings. The molecule has 25 heavy (non-hydrogen) atoms. The predicted molar refractivity (Wildman–Crippen MR) is 79.8 cm³/mol. The lowest BCUT2D eigenvalue weighted by molar-refractivity contribution is -0.433. The van der Waals surface area contributed by atoms with Crippen molar-refractivity contribution in [3.05, 3.63) is 0 Å². The minimum Gasteiger partial charge on any atom is -0.456 e. The third-order valence-corrected chi connectivity index (χ3v) is 6.33. The maximum Gasteiger partial charge on any atom is 0.415 e. The highest BCUT2D eigenvalue weighted by atomic mass is 32.2. The van der Waals surface area contributed by atoms with Gasteiger partial charge in [-0.3, -0.25) is 0 Å². The van der Waals surface area contributed by atoms with E-state index in [1.54, 1.807) is 0 Å². The van der Waals surface area contributed by atoms with Crippen LogP contribution in [-0.4, -0.2) is 34.7 Å². The predicted octanol–water partition coefficient (Wildman–Crippen LogP) is 2.95. The van der Waals surface area contributed by atoms with E-state index in [9.17, 15) is 18.4 Å². The van der Waals surface area contributed by atoms with Crippen molar-refractivity contribution in [3.8, 4) is 0 Å². The fraction of sp³-hybridized carbons (Fsp3) is 0.867. The molecule has 0 saturated heterocycles. The Morgan fingerprint density at radius 1 is 1.16 bits per heavy atom. The van der Waals surface area contributed by atoms with Crippen molar-refractivity contribution in [2.24, 2.45) is 23.7 Å². The lowest BCUT2D eigenvalue weighted by Gasteiger charge is -2.59. The smallest absolute Gasteiger partial charge is 0.415 e. The number of carbonyl (C=O) groups is 2. The Labute approximate surface area is 147 Å². The third-order valence-electron chi connectivity index (χ3n) is 5.82. The molecule has 142 valence electrons.